The van der Waals surface area contributed by atoms with Crippen molar-refractivity contribution in [2.45, 2.75) is 58.9 Å². The van der Waals surface area contributed by atoms with Crippen LogP contribution in [0.4, 0.5) is 0 Å². The van der Waals surface area contributed by atoms with Crippen LogP contribution in [0.3, 0.4) is 0 Å². The maximum absolute atomic E-state index is 9.54. The summed E-state index contributed by atoms with van der Waals surface area (Å²) in [5, 5.41) is 9.54. The first-order valence-electron chi connectivity index (χ1n) is 10.8. The van der Waals surface area contributed by atoms with Crippen molar-refractivity contribution in [1.82, 2.24) is 4.57 Å². The van der Waals surface area contributed by atoms with Crippen LogP contribution in [0.15, 0.2) is 60.7 Å². The Hall–Kier alpha value is -2.68. The van der Waals surface area contributed by atoms with E-state index < -0.39 is 0 Å². The zero-order chi connectivity index (χ0) is 20.5. The fourth-order valence-corrected chi connectivity index (χ4v) is 3.64. The highest BCUT2D eigenvalue weighted by Crippen LogP contribution is 2.25. The van der Waals surface area contributed by atoms with E-state index in [2.05, 4.69) is 54.8 Å². The third-order valence-corrected chi connectivity index (χ3v) is 5.43. The second-order valence-corrected chi connectivity index (χ2v) is 7.72. The first-order valence-corrected chi connectivity index (χ1v) is 10.8. The van der Waals surface area contributed by atoms with Gasteiger partial charge in [-0.2, -0.15) is 0 Å². The molecule has 0 fully saturated rings. The fraction of sp³-hybridized carbons (Fsp3) is 0.385. The monoisotopic (exact) mass is 391 g/mol. The quantitative estimate of drug-likeness (QED) is 0.366. The molecule has 0 aliphatic carbocycles. The Morgan fingerprint density at radius 2 is 1.55 bits per heavy atom. The normalized spacial score (nSPS) is 11.0. The van der Waals surface area contributed by atoms with Crippen LogP contribution in [-0.2, 0) is 13.0 Å². The Labute approximate surface area is 175 Å². The van der Waals surface area contributed by atoms with Crippen molar-refractivity contribution >= 4 is 0 Å². The lowest BCUT2D eigenvalue weighted by Crippen LogP contribution is -2.05. The fourth-order valence-electron chi connectivity index (χ4n) is 3.64. The van der Waals surface area contributed by atoms with Gasteiger partial charge >= 0.3 is 0 Å². The molecular formula is C26H33NO2. The van der Waals surface area contributed by atoms with Crippen molar-refractivity contribution < 1.29 is 9.84 Å². The Bertz CT molecular complexity index is 863. The first kappa shape index (κ1) is 21.0. The number of ether oxygens (including phenoxy) is 1. The number of rotatable bonds is 11. The molecule has 0 unspecified atom stereocenters. The van der Waals surface area contributed by atoms with Gasteiger partial charge in [-0.15, -0.1) is 0 Å². The summed E-state index contributed by atoms with van der Waals surface area (Å²) in [4.78, 5) is 0. The highest BCUT2D eigenvalue weighted by Gasteiger charge is 2.08. The summed E-state index contributed by atoms with van der Waals surface area (Å²) in [6.45, 7) is 6.11. The predicted octanol–water partition coefficient (Wildman–Crippen LogP) is 6.76. The highest BCUT2D eigenvalue weighted by atomic mass is 16.5. The van der Waals surface area contributed by atoms with Gasteiger partial charge in [-0.05, 0) is 79.4 Å². The van der Waals surface area contributed by atoms with Crippen LogP contribution in [0.5, 0.6) is 11.5 Å². The van der Waals surface area contributed by atoms with Crippen LogP contribution in [0.25, 0.3) is 11.3 Å². The number of nitrogens with zero attached hydrogens (tertiary/aromatic N) is 1. The number of aryl methyl sites for hydroxylation is 2. The van der Waals surface area contributed by atoms with Crippen molar-refractivity contribution in [1.29, 1.82) is 0 Å². The summed E-state index contributed by atoms with van der Waals surface area (Å²) >= 11 is 0. The third kappa shape index (κ3) is 6.15. The summed E-state index contributed by atoms with van der Waals surface area (Å²) < 4.78 is 8.21. The van der Waals surface area contributed by atoms with Crippen LogP contribution < -0.4 is 4.74 Å². The molecule has 0 radical (unpaired) electrons. The minimum atomic E-state index is 0.298. The van der Waals surface area contributed by atoms with Crippen molar-refractivity contribution in [3.8, 4) is 22.8 Å². The first-order chi connectivity index (χ1) is 14.2. The molecule has 0 saturated heterocycles. The van der Waals surface area contributed by atoms with E-state index in [-0.39, 0.29) is 0 Å². The van der Waals surface area contributed by atoms with Crippen LogP contribution in [-0.4, -0.2) is 16.3 Å². The zero-order valence-corrected chi connectivity index (χ0v) is 17.7. The molecule has 3 heteroatoms. The van der Waals surface area contributed by atoms with E-state index in [0.717, 1.165) is 37.3 Å². The number of hydrogen-bond acceptors (Lipinski definition) is 2. The molecule has 1 heterocycles. The second-order valence-electron chi connectivity index (χ2n) is 7.72. The zero-order valence-electron chi connectivity index (χ0n) is 17.7. The molecule has 0 aliphatic heterocycles. The van der Waals surface area contributed by atoms with Gasteiger partial charge < -0.3 is 14.4 Å². The molecule has 3 rings (SSSR count). The standard InChI is InChI=1S/C26H33NO2/c1-3-4-5-6-7-20-29-25-15-9-22(10-16-25)18-19-27-21(2)8-17-26(27)23-11-13-24(28)14-12-23/h8-17,28H,3-7,18-20H2,1-2H3. The Morgan fingerprint density at radius 1 is 0.828 bits per heavy atom. The smallest absolute Gasteiger partial charge is 0.119 e. The van der Waals surface area contributed by atoms with E-state index in [1.807, 2.05) is 12.1 Å². The molecule has 154 valence electrons. The lowest BCUT2D eigenvalue weighted by molar-refractivity contribution is 0.304. The summed E-state index contributed by atoms with van der Waals surface area (Å²) in [6.07, 6.45) is 7.27. The number of phenolic OH excluding ortho intramolecular Hbond substituents is 1. The number of benzene rings is 2. The van der Waals surface area contributed by atoms with Gasteiger partial charge in [-0.1, -0.05) is 44.7 Å². The minimum Gasteiger partial charge on any atom is -0.508 e. The lowest BCUT2D eigenvalue weighted by Gasteiger charge is -2.13. The summed E-state index contributed by atoms with van der Waals surface area (Å²) in [7, 11) is 0. The average Bonchev–Trinajstić information content (AvgIpc) is 3.11. The molecule has 0 bridgehead atoms. The number of hydrogen-bond donors (Lipinski definition) is 1. The maximum Gasteiger partial charge on any atom is 0.119 e. The molecule has 0 aliphatic rings. The van der Waals surface area contributed by atoms with E-state index >= 15 is 0 Å². The number of unbranched alkanes of at least 4 members (excludes halogenated alkanes) is 4. The van der Waals surface area contributed by atoms with Gasteiger partial charge in [0.2, 0.25) is 0 Å². The molecule has 29 heavy (non-hydrogen) atoms. The highest BCUT2D eigenvalue weighted by molar-refractivity contribution is 5.61. The van der Waals surface area contributed by atoms with Crippen LogP contribution >= 0.6 is 0 Å². The van der Waals surface area contributed by atoms with Crippen molar-refractivity contribution in [3.05, 3.63) is 71.9 Å². The Kier molecular flexibility index (Phi) is 7.80. The van der Waals surface area contributed by atoms with E-state index in [9.17, 15) is 5.11 Å². The topological polar surface area (TPSA) is 34.4 Å². The SMILES string of the molecule is CCCCCCCOc1ccc(CCn2c(C)ccc2-c2ccc(O)cc2)cc1. The largest absolute Gasteiger partial charge is 0.508 e. The van der Waals surface area contributed by atoms with Gasteiger partial charge in [-0.25, -0.2) is 0 Å². The number of aromatic hydroxyl groups is 1. The van der Waals surface area contributed by atoms with Crippen molar-refractivity contribution in [2.24, 2.45) is 0 Å². The predicted molar refractivity (Wildman–Crippen MR) is 121 cm³/mol. The molecule has 3 aromatic rings. The van der Waals surface area contributed by atoms with E-state index in [0.29, 0.717) is 5.75 Å². The van der Waals surface area contributed by atoms with Gasteiger partial charge in [0.15, 0.2) is 0 Å². The minimum absolute atomic E-state index is 0.298. The van der Waals surface area contributed by atoms with Gasteiger partial charge in [-0.3, -0.25) is 0 Å². The van der Waals surface area contributed by atoms with Gasteiger partial charge in [0.25, 0.3) is 0 Å². The lowest BCUT2D eigenvalue weighted by atomic mass is 10.1. The summed E-state index contributed by atoms with van der Waals surface area (Å²) in [6, 6.07) is 20.2. The van der Waals surface area contributed by atoms with Crippen molar-refractivity contribution in [3.63, 3.8) is 0 Å². The molecule has 1 N–H and O–H groups in total. The molecule has 3 nitrogen and oxygen atoms in total. The van der Waals surface area contributed by atoms with E-state index in [1.54, 1.807) is 12.1 Å². The maximum atomic E-state index is 9.54. The van der Waals surface area contributed by atoms with E-state index in [1.165, 1.54) is 42.6 Å². The van der Waals surface area contributed by atoms with Crippen LogP contribution in [0.1, 0.15) is 50.3 Å². The number of phenols is 1. The molecule has 0 amide bonds. The second kappa shape index (κ2) is 10.8. The average molecular weight is 392 g/mol. The van der Waals surface area contributed by atoms with Crippen molar-refractivity contribution in [2.75, 3.05) is 6.61 Å². The van der Waals surface area contributed by atoms with Gasteiger partial charge in [0, 0.05) is 17.9 Å². The van der Waals surface area contributed by atoms with Gasteiger partial charge in [0.05, 0.1) is 6.61 Å². The molecule has 0 spiro atoms. The van der Waals surface area contributed by atoms with E-state index in [4.69, 9.17) is 4.74 Å². The molecule has 0 saturated carbocycles. The molecule has 1 aromatic heterocycles. The number of aromatic nitrogens is 1. The summed E-state index contributed by atoms with van der Waals surface area (Å²) in [5.41, 5.74) is 4.87. The molecular weight excluding hydrogens is 358 g/mol. The Morgan fingerprint density at radius 3 is 2.28 bits per heavy atom. The van der Waals surface area contributed by atoms with Crippen LogP contribution in [0.2, 0.25) is 0 Å². The third-order valence-electron chi connectivity index (χ3n) is 5.43. The summed E-state index contributed by atoms with van der Waals surface area (Å²) in [5.74, 6) is 1.26. The van der Waals surface area contributed by atoms with Gasteiger partial charge in [0.1, 0.15) is 11.5 Å². The molecule has 0 atom stereocenters. The Balaban J connectivity index is 1.53. The van der Waals surface area contributed by atoms with Crippen LogP contribution in [0, 0.1) is 6.92 Å². The molecule has 2 aromatic carbocycles.